The Kier molecular flexibility index (Phi) is 6.65. The zero-order chi connectivity index (χ0) is 13.4. The van der Waals surface area contributed by atoms with Crippen molar-refractivity contribution in [2.45, 2.75) is 26.9 Å². The molecule has 0 aliphatic rings. The third-order valence-corrected chi connectivity index (χ3v) is 3.31. The number of rotatable bonds is 7. The van der Waals surface area contributed by atoms with Gasteiger partial charge in [0, 0.05) is 12.7 Å². The molecule has 1 unspecified atom stereocenters. The molecule has 1 atom stereocenters. The van der Waals surface area contributed by atoms with Crippen molar-refractivity contribution >= 4 is 17.7 Å². The number of benzene rings is 1. The molecule has 0 aliphatic carbocycles. The zero-order valence-electron chi connectivity index (χ0n) is 11.1. The van der Waals surface area contributed by atoms with Gasteiger partial charge in [0.05, 0.1) is 0 Å². The molecule has 100 valence electrons. The van der Waals surface area contributed by atoms with E-state index in [1.54, 1.807) is 11.8 Å². The highest BCUT2D eigenvalue weighted by Crippen LogP contribution is 2.13. The maximum Gasteiger partial charge on any atom is 0.303 e. The van der Waals surface area contributed by atoms with Crippen LogP contribution in [0.3, 0.4) is 0 Å². The Hall–Kier alpha value is -1.16. The molecule has 3 nitrogen and oxygen atoms in total. The average molecular weight is 268 g/mol. The van der Waals surface area contributed by atoms with Gasteiger partial charge >= 0.3 is 5.97 Å². The summed E-state index contributed by atoms with van der Waals surface area (Å²) in [6, 6.07) is 7.84. The van der Waals surface area contributed by atoms with Crippen LogP contribution >= 0.6 is 11.8 Å². The summed E-state index contributed by atoms with van der Waals surface area (Å²) in [5.74, 6) is 2.31. The third-order valence-electron chi connectivity index (χ3n) is 2.30. The number of aryl methyl sites for hydroxylation is 1. The maximum atomic E-state index is 11.0. The van der Waals surface area contributed by atoms with Gasteiger partial charge in [-0.1, -0.05) is 24.6 Å². The van der Waals surface area contributed by atoms with Crippen molar-refractivity contribution in [2.75, 3.05) is 18.1 Å². The lowest BCUT2D eigenvalue weighted by Crippen LogP contribution is -2.26. The largest absolute Gasteiger partial charge is 0.490 e. The summed E-state index contributed by atoms with van der Waals surface area (Å²) in [7, 11) is 0. The molecule has 1 rings (SSSR count). The van der Waals surface area contributed by atoms with E-state index in [1.165, 1.54) is 12.5 Å². The van der Waals surface area contributed by atoms with Crippen LogP contribution in [0.2, 0.25) is 0 Å². The highest BCUT2D eigenvalue weighted by atomic mass is 32.2. The van der Waals surface area contributed by atoms with Gasteiger partial charge in [-0.05, 0) is 24.8 Å². The molecule has 18 heavy (non-hydrogen) atoms. The number of ether oxygens (including phenoxy) is 2. The minimum Gasteiger partial charge on any atom is -0.490 e. The summed E-state index contributed by atoms with van der Waals surface area (Å²) in [5.41, 5.74) is 1.19. The van der Waals surface area contributed by atoms with E-state index in [9.17, 15) is 4.79 Å². The standard InChI is InChI=1S/C14H20O3S/c1-4-18-10-14(17-12(3)15)9-16-13-7-5-11(2)6-8-13/h5-8,14H,4,9-10H2,1-3H3. The SMILES string of the molecule is CCSCC(COc1ccc(C)cc1)OC(C)=O. The summed E-state index contributed by atoms with van der Waals surface area (Å²) in [6.45, 7) is 5.94. The van der Waals surface area contributed by atoms with E-state index in [-0.39, 0.29) is 12.1 Å². The molecule has 0 radical (unpaired) electrons. The molecule has 0 aromatic heterocycles. The van der Waals surface area contributed by atoms with Gasteiger partial charge in [-0.25, -0.2) is 0 Å². The average Bonchev–Trinajstić information content (AvgIpc) is 2.34. The predicted molar refractivity (Wildman–Crippen MR) is 75.2 cm³/mol. The molecule has 1 aromatic rings. The molecule has 0 fully saturated rings. The Bertz CT molecular complexity index is 362. The van der Waals surface area contributed by atoms with Crippen molar-refractivity contribution in [2.24, 2.45) is 0 Å². The summed E-state index contributed by atoms with van der Waals surface area (Å²) in [6.07, 6.45) is -0.186. The van der Waals surface area contributed by atoms with E-state index >= 15 is 0 Å². The van der Waals surface area contributed by atoms with Gasteiger partial charge in [-0.15, -0.1) is 0 Å². The molecule has 0 N–H and O–H groups in total. The summed E-state index contributed by atoms with van der Waals surface area (Å²) >= 11 is 1.74. The second kappa shape index (κ2) is 8.03. The van der Waals surface area contributed by atoms with Gasteiger partial charge in [0.2, 0.25) is 0 Å². The van der Waals surface area contributed by atoms with Crippen LogP contribution in [0.1, 0.15) is 19.4 Å². The minimum absolute atomic E-state index is 0.186. The monoisotopic (exact) mass is 268 g/mol. The van der Waals surface area contributed by atoms with Crippen LogP contribution in [0, 0.1) is 6.92 Å². The van der Waals surface area contributed by atoms with Crippen molar-refractivity contribution in [3.8, 4) is 5.75 Å². The number of hydrogen-bond donors (Lipinski definition) is 0. The summed E-state index contributed by atoms with van der Waals surface area (Å²) < 4.78 is 10.8. The van der Waals surface area contributed by atoms with Crippen LogP contribution in [0.5, 0.6) is 5.75 Å². The molecular formula is C14H20O3S. The maximum absolute atomic E-state index is 11.0. The fraction of sp³-hybridized carbons (Fsp3) is 0.500. The van der Waals surface area contributed by atoms with Gasteiger partial charge in [-0.2, -0.15) is 11.8 Å². The smallest absolute Gasteiger partial charge is 0.303 e. The number of hydrogen-bond acceptors (Lipinski definition) is 4. The third kappa shape index (κ3) is 5.96. The molecule has 0 heterocycles. The first-order valence-corrected chi connectivity index (χ1v) is 7.21. The Morgan fingerprint density at radius 1 is 1.33 bits per heavy atom. The van der Waals surface area contributed by atoms with Gasteiger partial charge < -0.3 is 9.47 Å². The lowest BCUT2D eigenvalue weighted by atomic mass is 10.2. The number of thioether (sulfide) groups is 1. The van der Waals surface area contributed by atoms with E-state index in [2.05, 4.69) is 6.92 Å². The van der Waals surface area contributed by atoms with Gasteiger partial charge in [0.1, 0.15) is 18.5 Å². The molecule has 1 aromatic carbocycles. The van der Waals surface area contributed by atoms with Crippen LogP contribution in [0.4, 0.5) is 0 Å². The van der Waals surface area contributed by atoms with Crippen LogP contribution in [0.25, 0.3) is 0 Å². The molecule has 0 spiro atoms. The lowest BCUT2D eigenvalue weighted by Gasteiger charge is -2.17. The quantitative estimate of drug-likeness (QED) is 0.712. The van der Waals surface area contributed by atoms with E-state index in [4.69, 9.17) is 9.47 Å². The highest BCUT2D eigenvalue weighted by molar-refractivity contribution is 7.99. The van der Waals surface area contributed by atoms with Crippen molar-refractivity contribution < 1.29 is 14.3 Å². The fourth-order valence-electron chi connectivity index (χ4n) is 1.42. The fourth-order valence-corrected chi connectivity index (χ4v) is 2.09. The first-order chi connectivity index (χ1) is 8.61. The molecule has 0 saturated carbocycles. The van der Waals surface area contributed by atoms with Gasteiger partial charge in [-0.3, -0.25) is 4.79 Å². The molecule has 0 aliphatic heterocycles. The first kappa shape index (κ1) is 14.9. The first-order valence-electron chi connectivity index (χ1n) is 6.06. The number of carbonyl (C=O) groups is 1. The van der Waals surface area contributed by atoms with Crippen molar-refractivity contribution in [3.05, 3.63) is 29.8 Å². The molecule has 0 bridgehead atoms. The van der Waals surface area contributed by atoms with Gasteiger partial charge in [0.25, 0.3) is 0 Å². The molecule has 0 saturated heterocycles. The normalized spacial score (nSPS) is 11.9. The lowest BCUT2D eigenvalue weighted by molar-refractivity contribution is -0.146. The molecule has 4 heteroatoms. The van der Waals surface area contributed by atoms with Crippen LogP contribution in [0.15, 0.2) is 24.3 Å². The van der Waals surface area contributed by atoms with Crippen molar-refractivity contribution in [1.29, 1.82) is 0 Å². The van der Waals surface area contributed by atoms with E-state index in [0.29, 0.717) is 6.61 Å². The van der Waals surface area contributed by atoms with Crippen LogP contribution in [-0.4, -0.2) is 30.2 Å². The molecule has 0 amide bonds. The summed E-state index contributed by atoms with van der Waals surface area (Å²) in [5, 5.41) is 0. The van der Waals surface area contributed by atoms with Crippen LogP contribution in [-0.2, 0) is 9.53 Å². The zero-order valence-corrected chi connectivity index (χ0v) is 12.0. The number of esters is 1. The Balaban J connectivity index is 2.44. The van der Waals surface area contributed by atoms with E-state index < -0.39 is 0 Å². The Labute approximate surface area is 113 Å². The Morgan fingerprint density at radius 3 is 2.56 bits per heavy atom. The second-order valence-electron chi connectivity index (χ2n) is 4.01. The predicted octanol–water partition coefficient (Wildman–Crippen LogP) is 3.06. The van der Waals surface area contributed by atoms with Crippen molar-refractivity contribution in [3.63, 3.8) is 0 Å². The Morgan fingerprint density at radius 2 is 2.00 bits per heavy atom. The van der Waals surface area contributed by atoms with Crippen molar-refractivity contribution in [1.82, 2.24) is 0 Å². The molecular weight excluding hydrogens is 248 g/mol. The van der Waals surface area contributed by atoms with Crippen LogP contribution < -0.4 is 4.74 Å². The van der Waals surface area contributed by atoms with Gasteiger partial charge in [0.15, 0.2) is 0 Å². The highest BCUT2D eigenvalue weighted by Gasteiger charge is 2.12. The second-order valence-corrected chi connectivity index (χ2v) is 5.33. The topological polar surface area (TPSA) is 35.5 Å². The van der Waals surface area contributed by atoms with E-state index in [0.717, 1.165) is 17.3 Å². The number of carbonyl (C=O) groups excluding carboxylic acids is 1. The summed E-state index contributed by atoms with van der Waals surface area (Å²) in [4.78, 5) is 11.0. The van der Waals surface area contributed by atoms with E-state index in [1.807, 2.05) is 31.2 Å². The minimum atomic E-state index is -0.260.